The maximum absolute atomic E-state index is 13.8. The first kappa shape index (κ1) is 20.7. The number of hydroxylamine groups is 1. The van der Waals surface area contributed by atoms with Gasteiger partial charge < -0.3 is 9.30 Å². The minimum absolute atomic E-state index is 0.120. The van der Waals surface area contributed by atoms with Gasteiger partial charge in [0.1, 0.15) is 0 Å². The third-order valence-corrected chi connectivity index (χ3v) is 6.88. The largest absolute Gasteiger partial charge is 0.383 e. The maximum atomic E-state index is 13.8. The summed E-state index contributed by atoms with van der Waals surface area (Å²) in [5.74, 6) is 0.284. The molecule has 166 valence electrons. The number of fused-ring (bicyclic) bond motifs is 2. The van der Waals surface area contributed by atoms with Crippen LogP contribution in [0.3, 0.4) is 0 Å². The van der Waals surface area contributed by atoms with Crippen molar-refractivity contribution in [1.29, 1.82) is 0 Å². The minimum Gasteiger partial charge on any atom is -0.383 e. The number of nitrogens with one attached hydrogen (secondary N) is 1. The van der Waals surface area contributed by atoms with Gasteiger partial charge in [-0.15, -0.1) is 0 Å². The molecule has 8 nitrogen and oxygen atoms in total. The smallest absolute Gasteiger partial charge is 0.274 e. The standard InChI is InChI=1S/C24H26N4O4/c1-32-13-12-27-20-5-3-2-4-19(20)25-23(27)28-11-10-24(22(28)30)9-8-16-14-17(21(29)26-31)6-7-18(16)15-24/h2-7,14,31H,8-13,15H2,1H3,(H,26,29)/t24-/m1/s1. The lowest BCUT2D eigenvalue weighted by Crippen LogP contribution is -2.39. The number of carbonyl (C=O) groups is 2. The summed E-state index contributed by atoms with van der Waals surface area (Å²) in [5.41, 5.74) is 5.68. The Hall–Kier alpha value is -3.23. The topological polar surface area (TPSA) is 96.7 Å². The molecule has 1 saturated heterocycles. The number of imidazole rings is 1. The molecule has 8 heteroatoms. The highest BCUT2D eigenvalue weighted by Crippen LogP contribution is 2.45. The number of ether oxygens (including phenoxy) is 1. The minimum atomic E-state index is -0.522. The molecular formula is C24H26N4O4. The fourth-order valence-electron chi connectivity index (χ4n) is 5.14. The molecule has 2 aliphatic rings. The van der Waals surface area contributed by atoms with Crippen LogP contribution in [0.5, 0.6) is 0 Å². The summed E-state index contributed by atoms with van der Waals surface area (Å²) in [7, 11) is 1.67. The van der Waals surface area contributed by atoms with E-state index in [0.29, 0.717) is 37.6 Å². The van der Waals surface area contributed by atoms with Gasteiger partial charge in [0.05, 0.1) is 23.1 Å². The number of aromatic nitrogens is 2. The number of para-hydroxylation sites is 2. The van der Waals surface area contributed by atoms with Crippen molar-refractivity contribution < 1.29 is 19.5 Å². The summed E-state index contributed by atoms with van der Waals surface area (Å²) in [6.07, 6.45) is 2.88. The number of nitrogens with zero attached hydrogens (tertiary/aromatic N) is 3. The molecule has 1 atom stereocenters. The Kier molecular flexibility index (Phi) is 5.19. The van der Waals surface area contributed by atoms with Crippen LogP contribution in [0.4, 0.5) is 5.95 Å². The van der Waals surface area contributed by atoms with Gasteiger partial charge in [-0.1, -0.05) is 18.2 Å². The first-order valence-corrected chi connectivity index (χ1v) is 10.9. The van der Waals surface area contributed by atoms with Gasteiger partial charge in [0.2, 0.25) is 11.9 Å². The van der Waals surface area contributed by atoms with Gasteiger partial charge in [-0.2, -0.15) is 0 Å². The lowest BCUT2D eigenvalue weighted by Gasteiger charge is -2.33. The van der Waals surface area contributed by atoms with Crippen molar-refractivity contribution in [3.05, 3.63) is 59.2 Å². The van der Waals surface area contributed by atoms with E-state index in [2.05, 4.69) is 4.57 Å². The summed E-state index contributed by atoms with van der Waals surface area (Å²) in [6.45, 7) is 1.80. The van der Waals surface area contributed by atoms with Crippen LogP contribution in [0.25, 0.3) is 11.0 Å². The number of hydrogen-bond donors (Lipinski definition) is 2. The van der Waals surface area contributed by atoms with E-state index in [-0.39, 0.29) is 5.91 Å². The van der Waals surface area contributed by atoms with E-state index in [9.17, 15) is 9.59 Å². The second kappa shape index (κ2) is 8.03. The molecule has 1 fully saturated rings. The second-order valence-electron chi connectivity index (χ2n) is 8.63. The fourth-order valence-corrected chi connectivity index (χ4v) is 5.14. The Morgan fingerprint density at radius 2 is 2.06 bits per heavy atom. The Morgan fingerprint density at radius 3 is 2.88 bits per heavy atom. The van der Waals surface area contributed by atoms with E-state index in [1.54, 1.807) is 18.7 Å². The highest BCUT2D eigenvalue weighted by atomic mass is 16.5. The molecule has 5 rings (SSSR count). The molecule has 1 aromatic heterocycles. The zero-order valence-corrected chi connectivity index (χ0v) is 18.0. The molecule has 2 heterocycles. The SMILES string of the molecule is COCCn1c(N2CC[C@@]3(CCc4cc(C(=O)NO)ccc4C3)C2=O)nc2ccccc21. The third kappa shape index (κ3) is 3.27. The first-order chi connectivity index (χ1) is 15.6. The van der Waals surface area contributed by atoms with Gasteiger partial charge in [0.25, 0.3) is 5.91 Å². The van der Waals surface area contributed by atoms with Crippen molar-refractivity contribution in [2.24, 2.45) is 5.41 Å². The van der Waals surface area contributed by atoms with Crippen molar-refractivity contribution in [3.63, 3.8) is 0 Å². The van der Waals surface area contributed by atoms with Crippen LogP contribution in [0.15, 0.2) is 42.5 Å². The molecule has 1 aliphatic carbocycles. The van der Waals surface area contributed by atoms with Crippen LogP contribution in [0.1, 0.15) is 34.3 Å². The molecule has 32 heavy (non-hydrogen) atoms. The van der Waals surface area contributed by atoms with Crippen LogP contribution < -0.4 is 10.4 Å². The van der Waals surface area contributed by atoms with Gasteiger partial charge in [-0.05, 0) is 61.1 Å². The predicted molar refractivity (Wildman–Crippen MR) is 119 cm³/mol. The van der Waals surface area contributed by atoms with Crippen LogP contribution in [-0.4, -0.2) is 46.8 Å². The predicted octanol–water partition coefficient (Wildman–Crippen LogP) is 2.71. The number of benzene rings is 2. The monoisotopic (exact) mass is 434 g/mol. The van der Waals surface area contributed by atoms with Crippen LogP contribution in [0.2, 0.25) is 0 Å². The van der Waals surface area contributed by atoms with E-state index in [1.807, 2.05) is 41.3 Å². The van der Waals surface area contributed by atoms with E-state index in [1.165, 1.54) is 0 Å². The number of amides is 2. The van der Waals surface area contributed by atoms with Crippen LogP contribution in [-0.2, 0) is 28.9 Å². The summed E-state index contributed by atoms with van der Waals surface area (Å²) in [4.78, 5) is 32.1. The molecule has 2 N–H and O–H groups in total. The van der Waals surface area contributed by atoms with Gasteiger partial charge in [-0.25, -0.2) is 10.5 Å². The highest BCUT2D eigenvalue weighted by Gasteiger charge is 2.49. The number of carbonyl (C=O) groups excluding carboxylic acids is 2. The summed E-state index contributed by atoms with van der Waals surface area (Å²) in [6, 6.07) is 13.3. The Labute approximate surface area is 185 Å². The normalized spacial score (nSPS) is 20.2. The fraction of sp³-hybridized carbons (Fsp3) is 0.375. The number of hydrogen-bond acceptors (Lipinski definition) is 5. The summed E-state index contributed by atoms with van der Waals surface area (Å²) in [5, 5.41) is 8.90. The van der Waals surface area contributed by atoms with Crippen molar-refractivity contribution in [2.45, 2.75) is 32.2 Å². The molecule has 1 aliphatic heterocycles. The van der Waals surface area contributed by atoms with E-state index in [4.69, 9.17) is 14.9 Å². The van der Waals surface area contributed by atoms with Gasteiger partial charge in [0.15, 0.2) is 0 Å². The highest BCUT2D eigenvalue weighted by molar-refractivity contribution is 6.00. The van der Waals surface area contributed by atoms with E-state index in [0.717, 1.165) is 41.4 Å². The molecule has 3 aromatic rings. The maximum Gasteiger partial charge on any atom is 0.274 e. The van der Waals surface area contributed by atoms with Crippen molar-refractivity contribution in [3.8, 4) is 0 Å². The summed E-state index contributed by atoms with van der Waals surface area (Å²) < 4.78 is 7.37. The molecule has 0 unspecified atom stereocenters. The zero-order valence-electron chi connectivity index (χ0n) is 18.0. The molecule has 2 amide bonds. The number of methoxy groups -OCH3 is 1. The average Bonchev–Trinajstić information content (AvgIpc) is 3.34. The lowest BCUT2D eigenvalue weighted by atomic mass is 9.70. The zero-order chi connectivity index (χ0) is 22.3. The Balaban J connectivity index is 1.45. The molecular weight excluding hydrogens is 408 g/mol. The number of aryl methyl sites for hydroxylation is 1. The van der Waals surface area contributed by atoms with E-state index < -0.39 is 11.3 Å². The molecule has 1 spiro atoms. The first-order valence-electron chi connectivity index (χ1n) is 10.9. The third-order valence-electron chi connectivity index (χ3n) is 6.88. The molecule has 0 radical (unpaired) electrons. The number of rotatable bonds is 5. The van der Waals surface area contributed by atoms with Crippen molar-refractivity contribution in [1.82, 2.24) is 15.0 Å². The van der Waals surface area contributed by atoms with Gasteiger partial charge in [-0.3, -0.25) is 19.7 Å². The molecule has 2 aromatic carbocycles. The quantitative estimate of drug-likeness (QED) is 0.475. The average molecular weight is 434 g/mol. The van der Waals surface area contributed by atoms with Crippen LogP contribution in [0, 0.1) is 5.41 Å². The van der Waals surface area contributed by atoms with E-state index >= 15 is 0 Å². The van der Waals surface area contributed by atoms with Gasteiger partial charge >= 0.3 is 0 Å². The number of anilines is 1. The summed E-state index contributed by atoms with van der Waals surface area (Å²) >= 11 is 0. The van der Waals surface area contributed by atoms with Crippen molar-refractivity contribution in [2.75, 3.05) is 25.2 Å². The molecule has 0 bridgehead atoms. The van der Waals surface area contributed by atoms with Crippen LogP contribution >= 0.6 is 0 Å². The Morgan fingerprint density at radius 1 is 1.22 bits per heavy atom. The lowest BCUT2D eigenvalue weighted by molar-refractivity contribution is -0.126. The molecule has 0 saturated carbocycles. The van der Waals surface area contributed by atoms with Gasteiger partial charge in [0, 0.05) is 25.8 Å². The Bertz CT molecular complexity index is 1200. The second-order valence-corrected chi connectivity index (χ2v) is 8.63. The van der Waals surface area contributed by atoms with Crippen molar-refractivity contribution >= 4 is 28.8 Å².